The first-order valence-electron chi connectivity index (χ1n) is 7.29. The molecule has 3 nitrogen and oxygen atoms in total. The Hall–Kier alpha value is -1.53. The van der Waals surface area contributed by atoms with Gasteiger partial charge in [-0.1, -0.05) is 6.92 Å². The molecule has 3 heteroatoms. The molecule has 0 radical (unpaired) electrons. The maximum Gasteiger partial charge on any atom is 0.0991 e. The lowest BCUT2D eigenvalue weighted by Crippen LogP contribution is -2.36. The van der Waals surface area contributed by atoms with Crippen LogP contribution in [-0.2, 0) is 0 Å². The Morgan fingerprint density at radius 3 is 2.53 bits per heavy atom. The molecule has 0 bridgehead atoms. The van der Waals surface area contributed by atoms with Crippen LogP contribution in [0.4, 0.5) is 5.69 Å². The molecular formula is C16H23N3. The minimum atomic E-state index is 0.738. The minimum absolute atomic E-state index is 0.738. The average Bonchev–Trinajstić information content (AvgIpc) is 2.48. The standard InChI is InChI=1S/C16H23N3/c1-2-11-19(13-15-7-9-18-10-8-15)16-5-3-14(12-17)4-6-16/h3-6,15,18H,2,7-11,13H2,1H3. The van der Waals surface area contributed by atoms with Crippen molar-refractivity contribution in [1.29, 1.82) is 5.26 Å². The molecule has 0 atom stereocenters. The molecule has 0 aromatic heterocycles. The molecule has 102 valence electrons. The molecule has 0 aliphatic carbocycles. The summed E-state index contributed by atoms with van der Waals surface area (Å²) in [7, 11) is 0. The number of benzene rings is 1. The van der Waals surface area contributed by atoms with Crippen LogP contribution in [-0.4, -0.2) is 26.2 Å². The summed E-state index contributed by atoms with van der Waals surface area (Å²) in [6, 6.07) is 10.2. The van der Waals surface area contributed by atoms with Crippen molar-refractivity contribution in [3.8, 4) is 6.07 Å². The summed E-state index contributed by atoms with van der Waals surface area (Å²) in [5.74, 6) is 0.795. The normalized spacial score (nSPS) is 16.0. The van der Waals surface area contributed by atoms with Gasteiger partial charge in [-0.05, 0) is 62.5 Å². The van der Waals surface area contributed by atoms with Gasteiger partial charge in [0.15, 0.2) is 0 Å². The fourth-order valence-electron chi connectivity index (χ4n) is 2.72. The monoisotopic (exact) mass is 257 g/mol. The number of nitriles is 1. The van der Waals surface area contributed by atoms with Gasteiger partial charge in [0.25, 0.3) is 0 Å². The summed E-state index contributed by atoms with van der Waals surface area (Å²) in [5.41, 5.74) is 1.99. The average molecular weight is 257 g/mol. The van der Waals surface area contributed by atoms with Crippen LogP contribution < -0.4 is 10.2 Å². The molecule has 0 unspecified atom stereocenters. The Morgan fingerprint density at radius 1 is 1.26 bits per heavy atom. The van der Waals surface area contributed by atoms with Crippen molar-refractivity contribution in [3.05, 3.63) is 29.8 Å². The third-order valence-corrected chi connectivity index (χ3v) is 3.79. The van der Waals surface area contributed by atoms with Crippen molar-refractivity contribution in [2.24, 2.45) is 5.92 Å². The summed E-state index contributed by atoms with van der Waals surface area (Å²) in [5, 5.41) is 12.3. The number of piperidine rings is 1. The van der Waals surface area contributed by atoms with Crippen LogP contribution in [0.5, 0.6) is 0 Å². The minimum Gasteiger partial charge on any atom is -0.371 e. The highest BCUT2D eigenvalue weighted by molar-refractivity contribution is 5.49. The zero-order chi connectivity index (χ0) is 13.5. The molecule has 1 aromatic carbocycles. The molecule has 19 heavy (non-hydrogen) atoms. The molecule has 1 saturated heterocycles. The lowest BCUT2D eigenvalue weighted by atomic mass is 9.97. The van der Waals surface area contributed by atoms with Gasteiger partial charge >= 0.3 is 0 Å². The zero-order valence-corrected chi connectivity index (χ0v) is 11.7. The van der Waals surface area contributed by atoms with Gasteiger partial charge in [-0.3, -0.25) is 0 Å². The summed E-state index contributed by atoms with van der Waals surface area (Å²) in [6.07, 6.45) is 3.71. The van der Waals surface area contributed by atoms with Crippen LogP contribution in [0.25, 0.3) is 0 Å². The van der Waals surface area contributed by atoms with E-state index in [1.807, 2.05) is 12.1 Å². The molecule has 1 heterocycles. The zero-order valence-electron chi connectivity index (χ0n) is 11.7. The number of hydrogen-bond acceptors (Lipinski definition) is 3. The first kappa shape index (κ1) is 13.9. The van der Waals surface area contributed by atoms with Crippen LogP contribution in [0.2, 0.25) is 0 Å². The van der Waals surface area contributed by atoms with Crippen LogP contribution in [0.15, 0.2) is 24.3 Å². The number of rotatable bonds is 5. The van der Waals surface area contributed by atoms with Crippen LogP contribution in [0, 0.1) is 17.2 Å². The maximum atomic E-state index is 8.86. The summed E-state index contributed by atoms with van der Waals surface area (Å²) >= 11 is 0. The van der Waals surface area contributed by atoms with Gasteiger partial charge in [-0.25, -0.2) is 0 Å². The van der Waals surface area contributed by atoms with Gasteiger partial charge in [-0.2, -0.15) is 5.26 Å². The lowest BCUT2D eigenvalue weighted by Gasteiger charge is -2.31. The van der Waals surface area contributed by atoms with Crippen LogP contribution in [0.3, 0.4) is 0 Å². The summed E-state index contributed by atoms with van der Waals surface area (Å²) in [4.78, 5) is 2.47. The summed E-state index contributed by atoms with van der Waals surface area (Å²) < 4.78 is 0. The van der Waals surface area contributed by atoms with E-state index in [0.717, 1.165) is 44.1 Å². The summed E-state index contributed by atoms with van der Waals surface area (Å²) in [6.45, 7) is 6.76. The third kappa shape index (κ3) is 3.97. The van der Waals surface area contributed by atoms with Crippen molar-refractivity contribution >= 4 is 5.69 Å². The molecule has 1 aromatic rings. The van der Waals surface area contributed by atoms with Crippen molar-refractivity contribution in [3.63, 3.8) is 0 Å². The Balaban J connectivity index is 2.03. The van der Waals surface area contributed by atoms with Gasteiger partial charge in [0.1, 0.15) is 0 Å². The van der Waals surface area contributed by atoms with Crippen molar-refractivity contribution < 1.29 is 0 Å². The molecule has 1 aliphatic rings. The van der Waals surface area contributed by atoms with Gasteiger partial charge in [0, 0.05) is 18.8 Å². The van der Waals surface area contributed by atoms with Gasteiger partial charge in [0.05, 0.1) is 11.6 Å². The van der Waals surface area contributed by atoms with Crippen molar-refractivity contribution in [2.75, 3.05) is 31.1 Å². The molecule has 1 fully saturated rings. The Morgan fingerprint density at radius 2 is 1.95 bits per heavy atom. The first-order chi connectivity index (χ1) is 9.33. The molecule has 0 saturated carbocycles. The van der Waals surface area contributed by atoms with E-state index in [2.05, 4.69) is 35.3 Å². The van der Waals surface area contributed by atoms with E-state index in [9.17, 15) is 0 Å². The molecular weight excluding hydrogens is 234 g/mol. The van der Waals surface area contributed by atoms with Crippen LogP contribution >= 0.6 is 0 Å². The van der Waals surface area contributed by atoms with E-state index in [1.165, 1.54) is 18.5 Å². The second-order valence-electron chi connectivity index (χ2n) is 5.30. The molecule has 1 aliphatic heterocycles. The Labute approximate surface area is 116 Å². The number of nitrogens with zero attached hydrogens (tertiary/aromatic N) is 2. The number of nitrogens with one attached hydrogen (secondary N) is 1. The lowest BCUT2D eigenvalue weighted by molar-refractivity contribution is 0.373. The largest absolute Gasteiger partial charge is 0.371 e. The fourth-order valence-corrected chi connectivity index (χ4v) is 2.72. The highest BCUT2D eigenvalue weighted by Gasteiger charge is 2.16. The van der Waals surface area contributed by atoms with E-state index in [4.69, 9.17) is 5.26 Å². The second-order valence-corrected chi connectivity index (χ2v) is 5.30. The highest BCUT2D eigenvalue weighted by Crippen LogP contribution is 2.20. The van der Waals surface area contributed by atoms with E-state index in [-0.39, 0.29) is 0 Å². The van der Waals surface area contributed by atoms with Gasteiger partial charge in [-0.15, -0.1) is 0 Å². The van der Waals surface area contributed by atoms with Crippen LogP contribution in [0.1, 0.15) is 31.7 Å². The third-order valence-electron chi connectivity index (χ3n) is 3.79. The second kappa shape index (κ2) is 7.16. The van der Waals surface area contributed by atoms with Gasteiger partial charge in [0.2, 0.25) is 0 Å². The Kier molecular flexibility index (Phi) is 5.23. The van der Waals surface area contributed by atoms with E-state index in [0.29, 0.717) is 0 Å². The van der Waals surface area contributed by atoms with E-state index < -0.39 is 0 Å². The molecule has 0 amide bonds. The van der Waals surface area contributed by atoms with Gasteiger partial charge < -0.3 is 10.2 Å². The Bertz CT molecular complexity index is 413. The number of anilines is 1. The quantitative estimate of drug-likeness (QED) is 0.881. The highest BCUT2D eigenvalue weighted by atomic mass is 15.1. The predicted molar refractivity (Wildman–Crippen MR) is 79.3 cm³/mol. The van der Waals surface area contributed by atoms with Crippen molar-refractivity contribution in [1.82, 2.24) is 5.32 Å². The maximum absolute atomic E-state index is 8.86. The predicted octanol–water partition coefficient (Wildman–Crippen LogP) is 2.77. The topological polar surface area (TPSA) is 39.1 Å². The fraction of sp³-hybridized carbons (Fsp3) is 0.562. The van der Waals surface area contributed by atoms with E-state index in [1.54, 1.807) is 0 Å². The molecule has 2 rings (SSSR count). The smallest absolute Gasteiger partial charge is 0.0991 e. The van der Waals surface area contributed by atoms with E-state index >= 15 is 0 Å². The first-order valence-corrected chi connectivity index (χ1v) is 7.29. The molecule has 1 N–H and O–H groups in total. The van der Waals surface area contributed by atoms with Crippen molar-refractivity contribution in [2.45, 2.75) is 26.2 Å². The number of hydrogen-bond donors (Lipinski definition) is 1. The SMILES string of the molecule is CCCN(CC1CCNCC1)c1ccc(C#N)cc1. The molecule has 0 spiro atoms.